The van der Waals surface area contributed by atoms with E-state index in [1.807, 2.05) is 5.10 Å². The molecule has 1 N–H and O–H groups in total. The molecule has 2 aromatic heterocycles. The summed E-state index contributed by atoms with van der Waals surface area (Å²) in [6.45, 7) is 0.948. The van der Waals surface area contributed by atoms with Gasteiger partial charge in [0.1, 0.15) is 22.5 Å². The second-order valence-electron chi connectivity index (χ2n) is 6.49. The van der Waals surface area contributed by atoms with Crippen molar-refractivity contribution in [2.24, 2.45) is 0 Å². The van der Waals surface area contributed by atoms with E-state index in [9.17, 15) is 53.5 Å². The number of ketones is 1. The third kappa shape index (κ3) is 3.98. The highest BCUT2D eigenvalue weighted by Crippen LogP contribution is 2.37. The van der Waals surface area contributed by atoms with E-state index in [0.717, 1.165) is 13.0 Å². The predicted octanol–water partition coefficient (Wildman–Crippen LogP) is 4.69. The third-order valence-corrected chi connectivity index (χ3v) is 4.36. The van der Waals surface area contributed by atoms with E-state index in [1.54, 1.807) is 0 Å². The lowest BCUT2D eigenvalue weighted by Gasteiger charge is -2.14. The van der Waals surface area contributed by atoms with Crippen LogP contribution in [-0.2, 0) is 12.4 Å². The summed E-state index contributed by atoms with van der Waals surface area (Å²) in [4.78, 5) is 28.2. The molecule has 0 bridgehead atoms. The van der Waals surface area contributed by atoms with E-state index in [-0.39, 0.29) is 10.7 Å². The van der Waals surface area contributed by atoms with E-state index < -0.39 is 80.7 Å². The van der Waals surface area contributed by atoms with E-state index in [1.165, 1.54) is 0 Å². The van der Waals surface area contributed by atoms with Crippen LogP contribution in [0.25, 0.3) is 5.69 Å². The molecule has 0 aliphatic rings. The van der Waals surface area contributed by atoms with Crippen molar-refractivity contribution in [1.29, 1.82) is 0 Å². The second kappa shape index (κ2) is 7.74. The van der Waals surface area contributed by atoms with Crippen LogP contribution in [0.2, 0.25) is 0 Å². The normalized spacial score (nSPS) is 12.3. The number of alkyl halides is 6. The summed E-state index contributed by atoms with van der Waals surface area (Å²) in [5, 5.41) is 1.87. The van der Waals surface area contributed by atoms with E-state index in [2.05, 4.69) is 4.98 Å². The molecule has 0 atom stereocenters. The Balaban J connectivity index is 2.22. The SMILES string of the molecule is Cc1[nH]n(-c2c(F)c(F)c(C(F)(F)F)c(F)c2F)c(=O)c1C(=O)c1ccnc(C(F)(F)F)c1. The molecule has 2 heterocycles. The number of halogens is 10. The van der Waals surface area contributed by atoms with Crippen LogP contribution in [0.15, 0.2) is 23.1 Å². The Morgan fingerprint density at radius 2 is 1.48 bits per heavy atom. The molecule has 15 heteroatoms. The van der Waals surface area contributed by atoms with Crippen molar-refractivity contribution < 1.29 is 48.7 Å². The number of hydrogen-bond acceptors (Lipinski definition) is 3. The van der Waals surface area contributed by atoms with Crippen LogP contribution in [0.3, 0.4) is 0 Å². The topological polar surface area (TPSA) is 67.8 Å². The van der Waals surface area contributed by atoms with Gasteiger partial charge in [-0.15, -0.1) is 0 Å². The molecular weight excluding hydrogens is 480 g/mol. The molecule has 176 valence electrons. The third-order valence-electron chi connectivity index (χ3n) is 4.36. The standard InChI is InChI=1S/C18H7F10N3O2/c1-5-8(15(32)6-2-3-29-7(4-6)17(23,24)25)16(33)31(30-5)14-12(21)10(19)9(18(26,27)28)11(20)13(14)22/h2-4,30H,1H3. The van der Waals surface area contributed by atoms with Gasteiger partial charge in [0.05, 0.1) is 0 Å². The van der Waals surface area contributed by atoms with Crippen molar-refractivity contribution in [3.63, 3.8) is 0 Å². The maximum absolute atomic E-state index is 14.3. The lowest BCUT2D eigenvalue weighted by atomic mass is 10.0. The van der Waals surface area contributed by atoms with Crippen molar-refractivity contribution >= 4 is 5.78 Å². The Hall–Kier alpha value is -3.65. The van der Waals surface area contributed by atoms with Crippen LogP contribution < -0.4 is 5.56 Å². The molecule has 0 saturated heterocycles. The van der Waals surface area contributed by atoms with Crippen LogP contribution in [0, 0.1) is 30.2 Å². The molecule has 0 aliphatic carbocycles. The second-order valence-corrected chi connectivity index (χ2v) is 6.49. The quantitative estimate of drug-likeness (QED) is 0.331. The Kier molecular flexibility index (Phi) is 5.63. The van der Waals surface area contributed by atoms with E-state index >= 15 is 0 Å². The van der Waals surface area contributed by atoms with Gasteiger partial charge in [-0.3, -0.25) is 19.7 Å². The van der Waals surface area contributed by atoms with Crippen molar-refractivity contribution in [3.05, 3.63) is 80.0 Å². The van der Waals surface area contributed by atoms with Crippen molar-refractivity contribution in [2.45, 2.75) is 19.3 Å². The number of carbonyl (C=O) groups excluding carboxylic acids is 1. The molecule has 0 fully saturated rings. The number of rotatable bonds is 3. The number of aromatic nitrogens is 3. The summed E-state index contributed by atoms with van der Waals surface area (Å²) in [6.07, 6.45) is -10.2. The zero-order valence-corrected chi connectivity index (χ0v) is 15.7. The number of hydrogen-bond donors (Lipinski definition) is 1. The average Bonchev–Trinajstić information content (AvgIpc) is 2.98. The van der Waals surface area contributed by atoms with Gasteiger partial charge < -0.3 is 0 Å². The van der Waals surface area contributed by atoms with Gasteiger partial charge in [-0.2, -0.15) is 26.3 Å². The van der Waals surface area contributed by atoms with Gasteiger partial charge in [0.25, 0.3) is 5.56 Å². The minimum atomic E-state index is -5.83. The fourth-order valence-electron chi connectivity index (χ4n) is 2.91. The van der Waals surface area contributed by atoms with Crippen molar-refractivity contribution in [3.8, 4) is 5.69 Å². The molecular formula is C18H7F10N3O2. The lowest BCUT2D eigenvalue weighted by Crippen LogP contribution is -2.25. The first-order valence-corrected chi connectivity index (χ1v) is 8.40. The molecule has 3 aromatic rings. The summed E-state index contributed by atoms with van der Waals surface area (Å²) >= 11 is 0. The van der Waals surface area contributed by atoms with Gasteiger partial charge in [-0.25, -0.2) is 22.2 Å². The van der Waals surface area contributed by atoms with Gasteiger partial charge in [0.2, 0.25) is 5.78 Å². The van der Waals surface area contributed by atoms with Crippen LogP contribution in [0.1, 0.15) is 32.9 Å². The molecule has 0 spiro atoms. The highest BCUT2D eigenvalue weighted by Gasteiger charge is 2.43. The number of pyridine rings is 1. The monoisotopic (exact) mass is 487 g/mol. The first-order chi connectivity index (χ1) is 15.1. The largest absolute Gasteiger partial charge is 0.433 e. The van der Waals surface area contributed by atoms with Crippen molar-refractivity contribution in [1.82, 2.24) is 14.8 Å². The Labute approximate surface area is 175 Å². The van der Waals surface area contributed by atoms with Crippen LogP contribution in [-0.4, -0.2) is 20.5 Å². The predicted molar refractivity (Wildman–Crippen MR) is 88.6 cm³/mol. The van der Waals surface area contributed by atoms with Gasteiger partial charge in [0, 0.05) is 17.5 Å². The molecule has 33 heavy (non-hydrogen) atoms. The maximum atomic E-state index is 14.3. The number of nitrogens with one attached hydrogen (secondary N) is 1. The summed E-state index contributed by atoms with van der Waals surface area (Å²) < 4.78 is 133. The average molecular weight is 487 g/mol. The van der Waals surface area contributed by atoms with Gasteiger partial charge in [-0.1, -0.05) is 0 Å². The minimum Gasteiger partial charge on any atom is -0.294 e. The highest BCUT2D eigenvalue weighted by atomic mass is 19.4. The smallest absolute Gasteiger partial charge is 0.294 e. The number of benzene rings is 1. The summed E-state index contributed by atoms with van der Waals surface area (Å²) in [6, 6.07) is 1.06. The molecule has 1 aromatic carbocycles. The first-order valence-electron chi connectivity index (χ1n) is 8.40. The Morgan fingerprint density at radius 3 is 1.97 bits per heavy atom. The van der Waals surface area contributed by atoms with Crippen LogP contribution in [0.5, 0.6) is 0 Å². The fraction of sp³-hybridized carbons (Fsp3) is 0.167. The highest BCUT2D eigenvalue weighted by molar-refractivity contribution is 6.09. The summed E-state index contributed by atoms with van der Waals surface area (Å²) in [7, 11) is 0. The zero-order valence-electron chi connectivity index (χ0n) is 15.7. The Morgan fingerprint density at radius 1 is 0.939 bits per heavy atom. The van der Waals surface area contributed by atoms with E-state index in [0.29, 0.717) is 6.20 Å². The zero-order chi connectivity index (χ0) is 25.0. The molecule has 0 saturated carbocycles. The van der Waals surface area contributed by atoms with Gasteiger partial charge in [-0.05, 0) is 19.1 Å². The molecule has 3 rings (SSSR count). The molecule has 5 nitrogen and oxygen atoms in total. The summed E-state index contributed by atoms with van der Waals surface area (Å²) in [5.74, 6) is -12.3. The van der Waals surface area contributed by atoms with Gasteiger partial charge in [0.15, 0.2) is 23.3 Å². The maximum Gasteiger partial charge on any atom is 0.433 e. The molecule has 0 amide bonds. The Bertz CT molecular complexity index is 1310. The number of H-pyrrole nitrogens is 1. The number of carbonyl (C=O) groups is 1. The summed E-state index contributed by atoms with van der Waals surface area (Å²) in [5.41, 5.74) is -10.3. The van der Waals surface area contributed by atoms with Crippen LogP contribution >= 0.6 is 0 Å². The number of nitrogens with zero attached hydrogens (tertiary/aromatic N) is 2. The number of aryl methyl sites for hydroxylation is 1. The first kappa shape index (κ1) is 24.0. The van der Waals surface area contributed by atoms with E-state index in [4.69, 9.17) is 0 Å². The molecule has 0 radical (unpaired) electrons. The number of aromatic amines is 1. The fourth-order valence-corrected chi connectivity index (χ4v) is 2.91. The molecule has 0 aliphatic heterocycles. The van der Waals surface area contributed by atoms with Gasteiger partial charge >= 0.3 is 12.4 Å². The van der Waals surface area contributed by atoms with Crippen LogP contribution in [0.4, 0.5) is 43.9 Å². The lowest BCUT2D eigenvalue weighted by molar-refractivity contribution is -0.143. The van der Waals surface area contributed by atoms with Crippen molar-refractivity contribution in [2.75, 3.05) is 0 Å². The minimum absolute atomic E-state index is 0.272. The molecule has 0 unspecified atom stereocenters.